The molecule has 3 rings (SSSR count). The fourth-order valence-corrected chi connectivity index (χ4v) is 2.68. The lowest BCUT2D eigenvalue weighted by atomic mass is 9.98. The maximum Gasteiger partial charge on any atom is 0.205 e. The van der Waals surface area contributed by atoms with E-state index in [0.29, 0.717) is 12.4 Å². The molecule has 25 heavy (non-hydrogen) atoms. The first kappa shape index (κ1) is 17.0. The molecule has 3 aromatic rings. The van der Waals surface area contributed by atoms with E-state index in [1.165, 1.54) is 0 Å². The Balaban J connectivity index is 1.79. The summed E-state index contributed by atoms with van der Waals surface area (Å²) in [5, 5.41) is 17.6. The Kier molecular flexibility index (Phi) is 5.30. The number of aldehydes is 1. The van der Waals surface area contributed by atoms with Gasteiger partial charge in [0.25, 0.3) is 0 Å². The third kappa shape index (κ3) is 3.97. The standard InChI is InChI=1S/C19H21N5O/c1-13(2)18(12-25)20-11-14-7-9-15(10-8-14)16-5-3-4-6-17(16)19-21-23-24-22-19/h3-10,12-13,18,20H,11H2,1-2H3,(H,21,22,23,24). The van der Waals surface area contributed by atoms with Crippen LogP contribution in [0.5, 0.6) is 0 Å². The van der Waals surface area contributed by atoms with Crippen LogP contribution in [0.4, 0.5) is 0 Å². The highest BCUT2D eigenvalue weighted by Gasteiger charge is 2.12. The van der Waals surface area contributed by atoms with Gasteiger partial charge in [-0.1, -0.05) is 62.4 Å². The van der Waals surface area contributed by atoms with Crippen LogP contribution in [0.25, 0.3) is 22.5 Å². The molecule has 0 saturated heterocycles. The first-order valence-electron chi connectivity index (χ1n) is 8.30. The SMILES string of the molecule is CC(C)C(C=O)NCc1ccc(-c2ccccc2-c2nn[nH]n2)cc1. The van der Waals surface area contributed by atoms with E-state index in [-0.39, 0.29) is 12.0 Å². The first-order valence-corrected chi connectivity index (χ1v) is 8.30. The van der Waals surface area contributed by atoms with Gasteiger partial charge in [-0.2, -0.15) is 5.21 Å². The average Bonchev–Trinajstić information content (AvgIpc) is 3.17. The maximum absolute atomic E-state index is 11.1. The van der Waals surface area contributed by atoms with Crippen LogP contribution in [0.3, 0.4) is 0 Å². The molecule has 1 aromatic heterocycles. The normalized spacial score (nSPS) is 12.3. The van der Waals surface area contributed by atoms with Gasteiger partial charge < -0.3 is 10.1 Å². The van der Waals surface area contributed by atoms with Gasteiger partial charge in [0.2, 0.25) is 5.82 Å². The topological polar surface area (TPSA) is 83.6 Å². The molecule has 2 aromatic carbocycles. The minimum atomic E-state index is -0.126. The van der Waals surface area contributed by atoms with Crippen molar-refractivity contribution >= 4 is 6.29 Å². The van der Waals surface area contributed by atoms with Crippen LogP contribution >= 0.6 is 0 Å². The van der Waals surface area contributed by atoms with Gasteiger partial charge in [0.05, 0.1) is 6.04 Å². The van der Waals surface area contributed by atoms with Crippen molar-refractivity contribution in [1.29, 1.82) is 0 Å². The second-order valence-corrected chi connectivity index (χ2v) is 6.26. The second kappa shape index (κ2) is 7.81. The summed E-state index contributed by atoms with van der Waals surface area (Å²) < 4.78 is 0. The van der Waals surface area contributed by atoms with E-state index in [2.05, 4.69) is 50.2 Å². The fourth-order valence-electron chi connectivity index (χ4n) is 2.68. The van der Waals surface area contributed by atoms with E-state index in [1.54, 1.807) is 0 Å². The summed E-state index contributed by atoms with van der Waals surface area (Å²) in [5.41, 5.74) is 4.20. The molecule has 0 bridgehead atoms. The van der Waals surface area contributed by atoms with E-state index in [1.807, 2.05) is 38.1 Å². The van der Waals surface area contributed by atoms with Crippen LogP contribution in [0.2, 0.25) is 0 Å². The van der Waals surface area contributed by atoms with Crippen molar-refractivity contribution in [2.75, 3.05) is 0 Å². The quantitative estimate of drug-likeness (QED) is 0.649. The van der Waals surface area contributed by atoms with Crippen LogP contribution in [0.15, 0.2) is 48.5 Å². The van der Waals surface area contributed by atoms with Crippen LogP contribution in [-0.4, -0.2) is 33.0 Å². The molecule has 0 radical (unpaired) electrons. The summed E-state index contributed by atoms with van der Waals surface area (Å²) in [6.45, 7) is 4.72. The third-order valence-electron chi connectivity index (χ3n) is 4.18. The molecule has 0 aliphatic heterocycles. The molecular formula is C19H21N5O. The molecule has 2 N–H and O–H groups in total. The Morgan fingerprint density at radius 2 is 1.80 bits per heavy atom. The summed E-state index contributed by atoms with van der Waals surface area (Å²) >= 11 is 0. The number of carbonyl (C=O) groups is 1. The molecule has 0 amide bonds. The molecule has 0 aliphatic carbocycles. The van der Waals surface area contributed by atoms with Crippen molar-refractivity contribution in [3.8, 4) is 22.5 Å². The summed E-state index contributed by atoms with van der Waals surface area (Å²) in [7, 11) is 0. The number of hydrogen-bond donors (Lipinski definition) is 2. The fraction of sp³-hybridized carbons (Fsp3) is 0.263. The lowest BCUT2D eigenvalue weighted by Gasteiger charge is -2.16. The smallest absolute Gasteiger partial charge is 0.205 e. The number of nitrogens with one attached hydrogen (secondary N) is 2. The molecule has 1 unspecified atom stereocenters. The van der Waals surface area contributed by atoms with Crippen molar-refractivity contribution in [3.05, 3.63) is 54.1 Å². The third-order valence-corrected chi connectivity index (χ3v) is 4.18. The first-order chi connectivity index (χ1) is 12.2. The average molecular weight is 335 g/mol. The number of nitrogens with zero attached hydrogens (tertiary/aromatic N) is 3. The molecule has 0 aliphatic rings. The van der Waals surface area contributed by atoms with E-state index in [9.17, 15) is 4.79 Å². The number of aromatic amines is 1. The lowest BCUT2D eigenvalue weighted by molar-refractivity contribution is -0.110. The number of H-pyrrole nitrogens is 1. The predicted molar refractivity (Wildman–Crippen MR) is 96.6 cm³/mol. The molecule has 128 valence electrons. The number of tetrazole rings is 1. The zero-order chi connectivity index (χ0) is 17.6. The van der Waals surface area contributed by atoms with Gasteiger partial charge in [0, 0.05) is 12.1 Å². The maximum atomic E-state index is 11.1. The van der Waals surface area contributed by atoms with Gasteiger partial charge >= 0.3 is 0 Å². The van der Waals surface area contributed by atoms with Gasteiger partial charge in [-0.15, -0.1) is 10.2 Å². The van der Waals surface area contributed by atoms with Crippen molar-refractivity contribution < 1.29 is 4.79 Å². The van der Waals surface area contributed by atoms with Gasteiger partial charge in [-0.25, -0.2) is 0 Å². The molecule has 0 saturated carbocycles. The Morgan fingerprint density at radius 3 is 2.40 bits per heavy atom. The second-order valence-electron chi connectivity index (χ2n) is 6.26. The van der Waals surface area contributed by atoms with Gasteiger partial charge in [-0.3, -0.25) is 0 Å². The molecule has 0 fully saturated rings. The number of hydrogen-bond acceptors (Lipinski definition) is 5. The van der Waals surface area contributed by atoms with E-state index < -0.39 is 0 Å². The number of carbonyl (C=O) groups excluding carboxylic acids is 1. The zero-order valence-electron chi connectivity index (χ0n) is 14.3. The van der Waals surface area contributed by atoms with E-state index >= 15 is 0 Å². The van der Waals surface area contributed by atoms with Crippen molar-refractivity contribution in [3.63, 3.8) is 0 Å². The van der Waals surface area contributed by atoms with Crippen LogP contribution in [0.1, 0.15) is 19.4 Å². The highest BCUT2D eigenvalue weighted by molar-refractivity contribution is 5.80. The van der Waals surface area contributed by atoms with Crippen molar-refractivity contribution in [1.82, 2.24) is 25.9 Å². The van der Waals surface area contributed by atoms with Crippen LogP contribution in [-0.2, 0) is 11.3 Å². The molecular weight excluding hydrogens is 314 g/mol. The lowest BCUT2D eigenvalue weighted by Crippen LogP contribution is -2.34. The van der Waals surface area contributed by atoms with Crippen LogP contribution < -0.4 is 5.32 Å². The Morgan fingerprint density at radius 1 is 1.08 bits per heavy atom. The summed E-state index contributed by atoms with van der Waals surface area (Å²) in [6, 6.07) is 16.1. The highest BCUT2D eigenvalue weighted by Crippen LogP contribution is 2.29. The van der Waals surface area contributed by atoms with Gasteiger partial charge in [0.1, 0.15) is 6.29 Å². The Labute approximate surface area is 146 Å². The van der Waals surface area contributed by atoms with E-state index in [0.717, 1.165) is 28.5 Å². The Bertz CT molecular complexity index is 812. The van der Waals surface area contributed by atoms with Crippen molar-refractivity contribution in [2.24, 2.45) is 5.92 Å². The highest BCUT2D eigenvalue weighted by atomic mass is 16.1. The summed E-state index contributed by atoms with van der Waals surface area (Å²) in [4.78, 5) is 11.1. The minimum absolute atomic E-state index is 0.126. The van der Waals surface area contributed by atoms with E-state index in [4.69, 9.17) is 0 Å². The molecule has 6 heteroatoms. The van der Waals surface area contributed by atoms with Crippen molar-refractivity contribution in [2.45, 2.75) is 26.4 Å². The Hall–Kier alpha value is -2.86. The molecule has 1 heterocycles. The van der Waals surface area contributed by atoms with Gasteiger partial charge in [-0.05, 0) is 27.8 Å². The summed E-state index contributed by atoms with van der Waals surface area (Å²) in [5.74, 6) is 0.853. The molecule has 1 atom stereocenters. The van der Waals surface area contributed by atoms with Crippen LogP contribution in [0, 0.1) is 5.92 Å². The minimum Gasteiger partial charge on any atom is -0.303 e. The van der Waals surface area contributed by atoms with Gasteiger partial charge in [0.15, 0.2) is 0 Å². The molecule has 0 spiro atoms. The zero-order valence-corrected chi connectivity index (χ0v) is 14.3. The summed E-state index contributed by atoms with van der Waals surface area (Å²) in [6.07, 6.45) is 0.972. The molecule has 6 nitrogen and oxygen atoms in total. The largest absolute Gasteiger partial charge is 0.303 e. The number of benzene rings is 2. The monoisotopic (exact) mass is 335 g/mol. The number of rotatable bonds is 7. The number of aromatic nitrogens is 4. The predicted octanol–water partition coefficient (Wildman–Crippen LogP) is 2.85.